The van der Waals surface area contributed by atoms with E-state index in [1.807, 2.05) is 27.7 Å². The minimum atomic E-state index is -1.49. The van der Waals surface area contributed by atoms with Crippen molar-refractivity contribution >= 4 is 32.5 Å². The number of aliphatic hydroxyl groups excluding tert-OH is 1. The number of anilines is 2. The minimum absolute atomic E-state index is 0. The second kappa shape index (κ2) is 24.2. The molecular weight excluding hydrogens is 902 g/mol. The van der Waals surface area contributed by atoms with E-state index in [4.69, 9.17) is 15.6 Å². The molecule has 18 heteroatoms. The number of carbonyl (C=O) groups is 2. The van der Waals surface area contributed by atoms with Crippen LogP contribution in [0.5, 0.6) is 0 Å². The molecule has 4 fully saturated rings. The Morgan fingerprint density at radius 2 is 1.23 bits per heavy atom. The number of rotatable bonds is 13. The van der Waals surface area contributed by atoms with E-state index in [1.54, 1.807) is 60.7 Å². The van der Waals surface area contributed by atoms with Gasteiger partial charge in [-0.25, -0.2) is 24.9 Å². The number of amides is 2. The maximum Gasteiger partial charge on any atom is 2.00 e. The second-order valence-electron chi connectivity index (χ2n) is 16.1. The van der Waals surface area contributed by atoms with E-state index in [0.29, 0.717) is 24.0 Å². The van der Waals surface area contributed by atoms with Crippen molar-refractivity contribution < 1.29 is 49.0 Å². The molecule has 4 aliphatic rings. The Balaban J connectivity index is 0.000000254. The van der Waals surface area contributed by atoms with Crippen LogP contribution in [0.2, 0.25) is 0 Å². The van der Waals surface area contributed by atoms with Crippen molar-refractivity contribution in [3.8, 4) is 0 Å². The van der Waals surface area contributed by atoms with E-state index < -0.39 is 53.4 Å². The summed E-state index contributed by atoms with van der Waals surface area (Å²) in [5.41, 5.74) is -1.08. The van der Waals surface area contributed by atoms with Gasteiger partial charge in [0, 0.05) is 34.4 Å². The molecule has 1 unspecified atom stereocenters. The number of aliphatic hydroxyl groups is 1. The van der Waals surface area contributed by atoms with Crippen molar-refractivity contribution in [1.29, 1.82) is 0 Å². The zero-order chi connectivity index (χ0) is 46.6. The molecule has 0 aliphatic heterocycles. The van der Waals surface area contributed by atoms with E-state index in [-0.39, 0.29) is 79.4 Å². The summed E-state index contributed by atoms with van der Waals surface area (Å²) in [6, 6.07) is 18.8. The first kappa shape index (κ1) is 52.9. The van der Waals surface area contributed by atoms with Gasteiger partial charge in [-0.2, -0.15) is 22.8 Å². The molecule has 2 amide bonds. The van der Waals surface area contributed by atoms with Crippen LogP contribution in [0.15, 0.2) is 94.8 Å². The van der Waals surface area contributed by atoms with Gasteiger partial charge >= 0.3 is 27.9 Å². The average Bonchev–Trinajstić information content (AvgIpc) is 4.19. The largest absolute Gasteiger partial charge is 2.00 e. The molecular formula is C47H58F2N7NiO7P. The monoisotopic (exact) mass is 959 g/mol. The van der Waals surface area contributed by atoms with Crippen LogP contribution in [0, 0.1) is 43.1 Å². The fourth-order valence-electron chi connectivity index (χ4n) is 9.03. The number of hydrogen-bond donors (Lipinski definition) is 3. The molecule has 4 aliphatic carbocycles. The van der Waals surface area contributed by atoms with Gasteiger partial charge in [0.05, 0.1) is 18.2 Å². The van der Waals surface area contributed by atoms with E-state index in [1.165, 1.54) is 33.7 Å². The van der Waals surface area contributed by atoms with Gasteiger partial charge in [0.2, 0.25) is 6.54 Å². The Labute approximate surface area is 391 Å². The Morgan fingerprint density at radius 3 is 1.65 bits per heavy atom. The summed E-state index contributed by atoms with van der Waals surface area (Å²) in [5, 5.41) is 15.4. The molecule has 2 heterocycles. The zero-order valence-electron chi connectivity index (χ0n) is 37.0. The van der Waals surface area contributed by atoms with Crippen LogP contribution in [0.25, 0.3) is 4.85 Å². The summed E-state index contributed by atoms with van der Waals surface area (Å²) in [7, 11) is -0.350. The Hall–Kier alpha value is -4.71. The first-order valence-electron chi connectivity index (χ1n) is 21.6. The van der Waals surface area contributed by atoms with Gasteiger partial charge in [0.25, 0.3) is 11.8 Å². The first-order chi connectivity index (χ1) is 30.8. The molecule has 8 rings (SSSR count). The molecule has 4 saturated carbocycles. The number of benzene rings is 2. The van der Waals surface area contributed by atoms with Crippen LogP contribution < -0.4 is 22.0 Å². The van der Waals surface area contributed by atoms with Crippen LogP contribution in [0.4, 0.5) is 20.4 Å². The van der Waals surface area contributed by atoms with Crippen molar-refractivity contribution in [2.24, 2.45) is 22.7 Å². The summed E-state index contributed by atoms with van der Waals surface area (Å²) in [6.07, 6.45) is 3.26. The van der Waals surface area contributed by atoms with Crippen molar-refractivity contribution in [3.05, 3.63) is 143 Å². The van der Waals surface area contributed by atoms with Gasteiger partial charge in [-0.05, 0) is 73.9 Å². The van der Waals surface area contributed by atoms with Crippen LogP contribution in [-0.4, -0.2) is 73.7 Å². The standard InChI is InChI=1S/C22H24FN4O4P.C19H20FN3O3.2C3H7.Ni/c1-3-22-13-15(22)18(17(23)19(22)31-32-30-12-10-24-2)27-11-9-16(26-21(27)29)25-20(28)14-7-5-4-6-8-14;1-2-19-10-12(19)15(14(20)16(19)24)23-9-8-13(22-18(23)26)21-17(25)11-6-4-3-5-7-11;2*1-3-2;/h4-9,11,15,17-19,32H,3,10,12-13H2,1H3,(H,25,26,28,29);3-9,12,14-16,24H,2,10H2,1H3,(H,21,22,25,26);2*1,3H2,2H3;/q;;2*-1;+2/t15-,17+,18-,19+,22-;12-,14+,15-,16+,19-;;;/m11.../s1. The van der Waals surface area contributed by atoms with Crippen molar-refractivity contribution in [3.63, 3.8) is 0 Å². The quantitative estimate of drug-likeness (QED) is 0.0517. The zero-order valence-corrected chi connectivity index (χ0v) is 39.0. The fraction of sp³-hybridized carbons (Fsp3) is 0.468. The Bertz CT molecular complexity index is 2340. The number of aromatic nitrogens is 4. The van der Waals surface area contributed by atoms with Gasteiger partial charge in [0.15, 0.2) is 9.03 Å². The first-order valence-corrected chi connectivity index (χ1v) is 22.5. The molecule has 14 nitrogen and oxygen atoms in total. The van der Waals surface area contributed by atoms with Gasteiger partial charge in [-0.15, -0.1) is 0 Å². The molecule has 352 valence electrons. The van der Waals surface area contributed by atoms with Gasteiger partial charge in [0.1, 0.15) is 36.7 Å². The third-order valence-corrected chi connectivity index (χ3v) is 13.0. The number of fused-ring (bicyclic) bond motifs is 2. The molecule has 3 N–H and O–H groups in total. The minimum Gasteiger partial charge on any atom is -0.389 e. The molecule has 0 saturated heterocycles. The normalized spacial score (nSPS) is 27.4. The predicted molar refractivity (Wildman–Crippen MR) is 243 cm³/mol. The Kier molecular flexibility index (Phi) is 19.7. The third kappa shape index (κ3) is 11.8. The van der Waals surface area contributed by atoms with Gasteiger partial charge < -0.3 is 43.5 Å². The summed E-state index contributed by atoms with van der Waals surface area (Å²) in [6.45, 7) is 22.2. The SMILES string of the molecule is CC[C@@]12C[C@@H]1[C@@H](n1ccc(NC(=O)c3ccccc3)nc1=O)[C@H](F)[C@@H]2O.[C-]#[N+]CCOPO[C@H]1[C@@H](F)[C@H](n2ccc(NC(=O)c3ccccc3)nc2=O)[C@H]2C[C@]21CC.[CH2-]CC.[CH2-]CC.[Ni+2]. The molecule has 2 aromatic carbocycles. The van der Waals surface area contributed by atoms with Crippen LogP contribution in [0.1, 0.15) is 99.0 Å². The fourth-order valence-corrected chi connectivity index (χ4v) is 9.74. The average molecular weight is 961 g/mol. The van der Waals surface area contributed by atoms with Crippen molar-refractivity contribution in [1.82, 2.24) is 19.1 Å². The summed E-state index contributed by atoms with van der Waals surface area (Å²) < 4.78 is 43.7. The molecule has 0 spiro atoms. The van der Waals surface area contributed by atoms with Crippen molar-refractivity contribution in [2.45, 2.75) is 103 Å². The third-order valence-electron chi connectivity index (χ3n) is 12.3. The van der Waals surface area contributed by atoms with E-state index in [0.717, 1.165) is 25.7 Å². The molecule has 11 atom stereocenters. The summed E-state index contributed by atoms with van der Waals surface area (Å²) in [5.74, 6) is -0.590. The Morgan fingerprint density at radius 1 is 0.800 bits per heavy atom. The van der Waals surface area contributed by atoms with Crippen LogP contribution in [0.3, 0.4) is 0 Å². The van der Waals surface area contributed by atoms with Crippen LogP contribution >= 0.6 is 9.03 Å². The molecule has 4 aromatic rings. The topological polar surface area (TPSA) is 171 Å². The maximum absolute atomic E-state index is 15.5. The second-order valence-corrected chi connectivity index (χ2v) is 16.8. The van der Waals surface area contributed by atoms with E-state index in [2.05, 4.69) is 39.3 Å². The molecule has 0 bridgehead atoms. The molecule has 0 radical (unpaired) electrons. The molecule has 2 aromatic heterocycles. The van der Waals surface area contributed by atoms with Crippen LogP contribution in [-0.2, 0) is 25.5 Å². The number of halogens is 2. The summed E-state index contributed by atoms with van der Waals surface area (Å²) in [4.78, 5) is 60.6. The molecule has 65 heavy (non-hydrogen) atoms. The summed E-state index contributed by atoms with van der Waals surface area (Å²) >= 11 is 0. The maximum atomic E-state index is 15.5. The number of carbonyl (C=O) groups excluding carboxylic acids is 2. The predicted octanol–water partition coefficient (Wildman–Crippen LogP) is 8.26. The van der Waals surface area contributed by atoms with Gasteiger partial charge in [-0.3, -0.25) is 18.7 Å². The van der Waals surface area contributed by atoms with E-state index in [9.17, 15) is 28.7 Å². The number of alkyl halides is 2. The number of nitrogens with one attached hydrogen (secondary N) is 2. The van der Waals surface area contributed by atoms with E-state index >= 15 is 4.39 Å². The smallest absolute Gasteiger partial charge is 0.389 e. The van der Waals surface area contributed by atoms with Crippen molar-refractivity contribution in [2.75, 3.05) is 23.8 Å². The van der Waals surface area contributed by atoms with Gasteiger partial charge in [-0.1, -0.05) is 64.1 Å². The number of hydrogen-bond acceptors (Lipinski definition) is 9. The number of nitrogens with zero attached hydrogens (tertiary/aromatic N) is 5.